The van der Waals surface area contributed by atoms with Crippen molar-refractivity contribution in [2.75, 3.05) is 0 Å². The molecule has 2 N–H and O–H groups in total. The van der Waals surface area contributed by atoms with Gasteiger partial charge in [0, 0.05) is 18.8 Å². The molecule has 78 valence electrons. The third-order valence-corrected chi connectivity index (χ3v) is 3.67. The van der Waals surface area contributed by atoms with Gasteiger partial charge in [-0.25, -0.2) is 4.98 Å². The van der Waals surface area contributed by atoms with E-state index in [0.29, 0.717) is 12.6 Å². The fraction of sp³-hybridized carbons (Fsp3) is 0.727. The molecular weight excluding hydrogens is 174 g/mol. The van der Waals surface area contributed by atoms with Crippen LogP contribution in [0.5, 0.6) is 0 Å². The van der Waals surface area contributed by atoms with Gasteiger partial charge in [-0.1, -0.05) is 13.8 Å². The summed E-state index contributed by atoms with van der Waals surface area (Å²) in [7, 11) is 0. The summed E-state index contributed by atoms with van der Waals surface area (Å²) < 4.78 is 2.25. The molecule has 3 unspecified atom stereocenters. The van der Waals surface area contributed by atoms with Gasteiger partial charge < -0.3 is 10.3 Å². The molecule has 1 aromatic rings. The van der Waals surface area contributed by atoms with Crippen molar-refractivity contribution in [3.05, 3.63) is 18.2 Å². The highest BCUT2D eigenvalue weighted by atomic mass is 15.1. The van der Waals surface area contributed by atoms with E-state index in [4.69, 9.17) is 5.73 Å². The maximum atomic E-state index is 5.55. The second kappa shape index (κ2) is 3.73. The third-order valence-electron chi connectivity index (χ3n) is 3.67. The van der Waals surface area contributed by atoms with Crippen molar-refractivity contribution < 1.29 is 0 Å². The van der Waals surface area contributed by atoms with Crippen LogP contribution in [-0.4, -0.2) is 9.55 Å². The minimum absolute atomic E-state index is 0.545. The smallest absolute Gasteiger partial charge is 0.0952 e. The zero-order valence-electron chi connectivity index (χ0n) is 8.98. The Hall–Kier alpha value is -0.830. The lowest BCUT2D eigenvalue weighted by Gasteiger charge is -2.19. The Bertz CT molecular complexity index is 305. The Morgan fingerprint density at radius 3 is 2.79 bits per heavy atom. The Morgan fingerprint density at radius 2 is 2.29 bits per heavy atom. The lowest BCUT2D eigenvalue weighted by molar-refractivity contribution is 0.352. The number of aromatic nitrogens is 2. The molecule has 0 spiro atoms. The SMILES string of the molecule is CC1CCC(n2cnc(CN)c2)C1C. The van der Waals surface area contributed by atoms with Gasteiger partial charge in [0.05, 0.1) is 12.0 Å². The van der Waals surface area contributed by atoms with E-state index < -0.39 is 0 Å². The molecule has 2 rings (SSSR count). The van der Waals surface area contributed by atoms with Gasteiger partial charge in [-0.15, -0.1) is 0 Å². The summed E-state index contributed by atoms with van der Waals surface area (Å²) in [6, 6.07) is 0.637. The van der Waals surface area contributed by atoms with Gasteiger partial charge in [0.2, 0.25) is 0 Å². The fourth-order valence-corrected chi connectivity index (χ4v) is 2.43. The van der Waals surface area contributed by atoms with E-state index in [-0.39, 0.29) is 0 Å². The summed E-state index contributed by atoms with van der Waals surface area (Å²) in [4.78, 5) is 4.28. The molecule has 1 aliphatic rings. The molecule has 1 saturated carbocycles. The van der Waals surface area contributed by atoms with Gasteiger partial charge in [-0.2, -0.15) is 0 Å². The summed E-state index contributed by atoms with van der Waals surface area (Å²) in [5.74, 6) is 1.60. The first-order valence-electron chi connectivity index (χ1n) is 5.44. The van der Waals surface area contributed by atoms with Gasteiger partial charge in [0.25, 0.3) is 0 Å². The van der Waals surface area contributed by atoms with Crippen molar-refractivity contribution in [2.24, 2.45) is 17.6 Å². The quantitative estimate of drug-likeness (QED) is 0.780. The van der Waals surface area contributed by atoms with Crippen LogP contribution in [0.25, 0.3) is 0 Å². The molecule has 0 bridgehead atoms. The molecule has 1 heterocycles. The van der Waals surface area contributed by atoms with Crippen LogP contribution in [0.1, 0.15) is 38.4 Å². The largest absolute Gasteiger partial charge is 0.334 e. The average molecular weight is 193 g/mol. The molecule has 0 amide bonds. The minimum atomic E-state index is 0.545. The first kappa shape index (κ1) is 9.71. The van der Waals surface area contributed by atoms with E-state index >= 15 is 0 Å². The second-order valence-electron chi connectivity index (χ2n) is 4.50. The first-order chi connectivity index (χ1) is 6.72. The Kier molecular flexibility index (Phi) is 2.59. The predicted molar refractivity (Wildman–Crippen MR) is 56.7 cm³/mol. The van der Waals surface area contributed by atoms with E-state index in [1.165, 1.54) is 12.8 Å². The van der Waals surface area contributed by atoms with Crippen LogP contribution < -0.4 is 5.73 Å². The van der Waals surface area contributed by atoms with Gasteiger partial charge >= 0.3 is 0 Å². The zero-order chi connectivity index (χ0) is 10.1. The van der Waals surface area contributed by atoms with Crippen LogP contribution in [0.15, 0.2) is 12.5 Å². The average Bonchev–Trinajstić information content (AvgIpc) is 2.75. The van der Waals surface area contributed by atoms with Gasteiger partial charge in [-0.05, 0) is 24.7 Å². The predicted octanol–water partition coefficient (Wildman–Crippen LogP) is 1.95. The Balaban J connectivity index is 2.15. The van der Waals surface area contributed by atoms with Crippen molar-refractivity contribution in [1.82, 2.24) is 9.55 Å². The van der Waals surface area contributed by atoms with Crippen molar-refractivity contribution >= 4 is 0 Å². The Labute approximate surface area is 85.3 Å². The zero-order valence-corrected chi connectivity index (χ0v) is 8.98. The van der Waals surface area contributed by atoms with Crippen molar-refractivity contribution in [2.45, 2.75) is 39.3 Å². The monoisotopic (exact) mass is 193 g/mol. The number of rotatable bonds is 2. The van der Waals surface area contributed by atoms with E-state index in [2.05, 4.69) is 29.6 Å². The highest BCUT2D eigenvalue weighted by molar-refractivity contribution is 4.99. The van der Waals surface area contributed by atoms with Crippen LogP contribution >= 0.6 is 0 Å². The lowest BCUT2D eigenvalue weighted by atomic mass is 9.98. The molecule has 1 aliphatic carbocycles. The summed E-state index contributed by atoms with van der Waals surface area (Å²) in [6.45, 7) is 5.22. The number of hydrogen-bond acceptors (Lipinski definition) is 2. The van der Waals surface area contributed by atoms with Crippen molar-refractivity contribution in [3.8, 4) is 0 Å². The summed E-state index contributed by atoms with van der Waals surface area (Å²) in [5, 5.41) is 0. The first-order valence-corrected chi connectivity index (χ1v) is 5.44. The van der Waals surface area contributed by atoms with E-state index in [9.17, 15) is 0 Å². The molecule has 3 heteroatoms. The molecule has 14 heavy (non-hydrogen) atoms. The standard InChI is InChI=1S/C11H19N3/c1-8-3-4-11(9(8)2)14-6-10(5-12)13-7-14/h6-9,11H,3-5,12H2,1-2H3. The molecule has 0 saturated heterocycles. The number of hydrogen-bond donors (Lipinski definition) is 1. The Morgan fingerprint density at radius 1 is 1.50 bits per heavy atom. The fourth-order valence-electron chi connectivity index (χ4n) is 2.43. The van der Waals surface area contributed by atoms with Gasteiger partial charge in [0.15, 0.2) is 0 Å². The summed E-state index contributed by atoms with van der Waals surface area (Å²) >= 11 is 0. The van der Waals surface area contributed by atoms with Gasteiger partial charge in [0.1, 0.15) is 0 Å². The normalized spacial score (nSPS) is 32.4. The number of nitrogens with zero attached hydrogens (tertiary/aromatic N) is 2. The highest BCUT2D eigenvalue weighted by Gasteiger charge is 2.30. The summed E-state index contributed by atoms with van der Waals surface area (Å²) in [5.41, 5.74) is 6.54. The van der Waals surface area contributed by atoms with Crippen molar-refractivity contribution in [3.63, 3.8) is 0 Å². The molecule has 3 atom stereocenters. The molecular formula is C11H19N3. The van der Waals surface area contributed by atoms with Crippen LogP contribution in [0.4, 0.5) is 0 Å². The highest BCUT2D eigenvalue weighted by Crippen LogP contribution is 2.39. The minimum Gasteiger partial charge on any atom is -0.334 e. The number of nitrogens with two attached hydrogens (primary N) is 1. The molecule has 1 fully saturated rings. The lowest BCUT2D eigenvalue weighted by Crippen LogP contribution is -2.13. The van der Waals surface area contributed by atoms with E-state index in [1.54, 1.807) is 0 Å². The molecule has 0 aliphatic heterocycles. The van der Waals surface area contributed by atoms with Crippen LogP contribution in [0.2, 0.25) is 0 Å². The molecule has 0 radical (unpaired) electrons. The van der Waals surface area contributed by atoms with Crippen LogP contribution in [0.3, 0.4) is 0 Å². The maximum absolute atomic E-state index is 5.55. The second-order valence-corrected chi connectivity index (χ2v) is 4.50. The third kappa shape index (κ3) is 1.57. The summed E-state index contributed by atoms with van der Waals surface area (Å²) in [6.07, 6.45) is 6.64. The van der Waals surface area contributed by atoms with Gasteiger partial charge in [-0.3, -0.25) is 0 Å². The topological polar surface area (TPSA) is 43.8 Å². The van der Waals surface area contributed by atoms with Crippen LogP contribution in [-0.2, 0) is 6.54 Å². The molecule has 3 nitrogen and oxygen atoms in total. The van der Waals surface area contributed by atoms with E-state index in [1.807, 2.05) is 6.33 Å². The van der Waals surface area contributed by atoms with Crippen molar-refractivity contribution in [1.29, 1.82) is 0 Å². The number of imidazole rings is 1. The molecule has 1 aromatic heterocycles. The van der Waals surface area contributed by atoms with Crippen LogP contribution in [0, 0.1) is 11.8 Å². The van der Waals surface area contributed by atoms with E-state index in [0.717, 1.165) is 17.5 Å². The maximum Gasteiger partial charge on any atom is 0.0952 e. The molecule has 0 aromatic carbocycles.